The minimum absolute atomic E-state index is 0.0118. The predicted molar refractivity (Wildman–Crippen MR) is 130 cm³/mol. The van der Waals surface area contributed by atoms with Gasteiger partial charge in [-0.15, -0.1) is 0 Å². The summed E-state index contributed by atoms with van der Waals surface area (Å²) in [4.78, 5) is 12.6. The molecular weight excluding hydrogens is 484 g/mol. The number of benzene rings is 2. The molecule has 2 aromatic carbocycles. The van der Waals surface area contributed by atoms with Crippen molar-refractivity contribution in [3.05, 3.63) is 87.0 Å². The van der Waals surface area contributed by atoms with E-state index in [1.807, 2.05) is 24.3 Å². The number of allylic oxidation sites excluding steroid dienone is 3. The molecule has 3 nitrogen and oxygen atoms in total. The fourth-order valence-corrected chi connectivity index (χ4v) is 4.82. The minimum Gasteiger partial charge on any atom is -0.385 e. The first-order valence-electron chi connectivity index (χ1n) is 11.3. The number of hydrogen-bond donors (Lipinski definition) is 2. The van der Waals surface area contributed by atoms with E-state index in [0.717, 1.165) is 68.1 Å². The summed E-state index contributed by atoms with van der Waals surface area (Å²) < 4.78 is 39.0. The lowest BCUT2D eigenvalue weighted by molar-refractivity contribution is -0.137. The topological polar surface area (TPSA) is 41.1 Å². The van der Waals surface area contributed by atoms with Gasteiger partial charge < -0.3 is 10.6 Å². The van der Waals surface area contributed by atoms with Crippen molar-refractivity contribution in [1.82, 2.24) is 10.6 Å². The molecule has 2 aromatic rings. The van der Waals surface area contributed by atoms with Gasteiger partial charge in [-0.25, -0.2) is 0 Å². The van der Waals surface area contributed by atoms with Crippen LogP contribution >= 0.6 is 23.2 Å². The van der Waals surface area contributed by atoms with Crippen molar-refractivity contribution >= 4 is 34.7 Å². The van der Waals surface area contributed by atoms with Crippen molar-refractivity contribution in [2.75, 3.05) is 6.54 Å². The average molecular weight is 509 g/mol. The van der Waals surface area contributed by atoms with E-state index in [2.05, 4.69) is 22.8 Å². The number of halogens is 5. The van der Waals surface area contributed by atoms with E-state index in [-0.39, 0.29) is 16.6 Å². The number of carbonyl (C=O) groups is 1. The van der Waals surface area contributed by atoms with Gasteiger partial charge in [0.1, 0.15) is 0 Å². The van der Waals surface area contributed by atoms with Crippen molar-refractivity contribution in [2.45, 2.75) is 44.3 Å². The van der Waals surface area contributed by atoms with Crippen LogP contribution in [0.5, 0.6) is 0 Å². The smallest absolute Gasteiger partial charge is 0.385 e. The Morgan fingerprint density at radius 1 is 0.971 bits per heavy atom. The molecule has 1 saturated carbocycles. The zero-order valence-corrected chi connectivity index (χ0v) is 19.9. The van der Waals surface area contributed by atoms with Gasteiger partial charge in [0.2, 0.25) is 0 Å². The fraction of sp³-hybridized carbons (Fsp3) is 0.346. The lowest BCUT2D eigenvalue weighted by Crippen LogP contribution is -2.39. The summed E-state index contributed by atoms with van der Waals surface area (Å²) in [6, 6.07) is 10.5. The standard InChI is InChI=1S/C26H25Cl2F3N2O/c27-19-9-6-17(7-10-19)21-2-1-3-24(21)32-15-16-4-11-20(12-5-16)33-25(34)22-14-18(26(29,30)31)8-13-23(22)28/h2-3,6-10,13-14,16,20,32H,1,4-5,11-12,15H2,(H,33,34). The number of hydrogen-bond acceptors (Lipinski definition) is 2. The van der Waals surface area contributed by atoms with E-state index < -0.39 is 17.6 Å². The molecule has 1 fully saturated rings. The van der Waals surface area contributed by atoms with Crippen LogP contribution in [0.1, 0.15) is 53.6 Å². The molecule has 34 heavy (non-hydrogen) atoms. The van der Waals surface area contributed by atoms with Crippen LogP contribution in [0.25, 0.3) is 5.57 Å². The summed E-state index contributed by atoms with van der Waals surface area (Å²) in [7, 11) is 0. The van der Waals surface area contributed by atoms with Crippen LogP contribution in [0.3, 0.4) is 0 Å². The van der Waals surface area contributed by atoms with E-state index >= 15 is 0 Å². The molecule has 2 N–H and O–H groups in total. The molecule has 4 rings (SSSR count). The van der Waals surface area contributed by atoms with Gasteiger partial charge in [-0.3, -0.25) is 4.79 Å². The Bertz CT molecular complexity index is 1100. The highest BCUT2D eigenvalue weighted by Crippen LogP contribution is 2.33. The van der Waals surface area contributed by atoms with Crippen molar-refractivity contribution in [2.24, 2.45) is 5.92 Å². The molecule has 0 atom stereocenters. The molecular formula is C26H25Cl2F3N2O. The maximum atomic E-state index is 13.0. The van der Waals surface area contributed by atoms with Crippen molar-refractivity contribution in [1.29, 1.82) is 0 Å². The Kier molecular flexibility index (Phi) is 7.58. The molecule has 0 spiro atoms. The van der Waals surface area contributed by atoms with E-state index in [1.165, 1.54) is 5.57 Å². The van der Waals surface area contributed by atoms with Gasteiger partial charge >= 0.3 is 6.18 Å². The molecule has 0 aliphatic heterocycles. The third-order valence-electron chi connectivity index (χ3n) is 6.39. The van der Waals surface area contributed by atoms with Crippen LogP contribution < -0.4 is 10.6 Å². The molecule has 0 saturated heterocycles. The summed E-state index contributed by atoms with van der Waals surface area (Å²) in [5, 5.41) is 7.16. The molecule has 0 heterocycles. The first-order valence-corrected chi connectivity index (χ1v) is 12.0. The first-order chi connectivity index (χ1) is 16.2. The van der Waals surface area contributed by atoms with Crippen LogP contribution in [-0.4, -0.2) is 18.5 Å². The Morgan fingerprint density at radius 2 is 1.68 bits per heavy atom. The van der Waals surface area contributed by atoms with Gasteiger partial charge in [0.25, 0.3) is 5.91 Å². The van der Waals surface area contributed by atoms with E-state index in [0.29, 0.717) is 10.9 Å². The molecule has 0 aromatic heterocycles. The maximum absolute atomic E-state index is 13.0. The Hall–Kier alpha value is -2.44. The van der Waals surface area contributed by atoms with Crippen LogP contribution in [0, 0.1) is 5.92 Å². The molecule has 0 bridgehead atoms. The summed E-state index contributed by atoms with van der Waals surface area (Å²) in [5.41, 5.74) is 2.40. The zero-order valence-electron chi connectivity index (χ0n) is 18.4. The number of rotatable bonds is 6. The largest absolute Gasteiger partial charge is 0.416 e. The molecule has 2 aliphatic rings. The first kappa shape index (κ1) is 24.7. The highest BCUT2D eigenvalue weighted by molar-refractivity contribution is 6.33. The summed E-state index contributed by atoms with van der Waals surface area (Å²) in [5.74, 6) is -0.107. The second-order valence-corrected chi connectivity index (χ2v) is 9.59. The van der Waals surface area contributed by atoms with Gasteiger partial charge in [-0.05, 0) is 73.9 Å². The summed E-state index contributed by atoms with van der Waals surface area (Å²) >= 11 is 12.0. The van der Waals surface area contributed by atoms with Gasteiger partial charge in [0.15, 0.2) is 0 Å². The van der Waals surface area contributed by atoms with Crippen molar-refractivity contribution in [3.63, 3.8) is 0 Å². The minimum atomic E-state index is -4.53. The summed E-state index contributed by atoms with van der Waals surface area (Å²) in [6.45, 7) is 0.830. The van der Waals surface area contributed by atoms with Crippen LogP contribution in [0.15, 0.2) is 60.3 Å². The van der Waals surface area contributed by atoms with Crippen molar-refractivity contribution < 1.29 is 18.0 Å². The molecule has 8 heteroatoms. The number of alkyl halides is 3. The van der Waals surface area contributed by atoms with Crippen LogP contribution in [0.4, 0.5) is 13.2 Å². The Morgan fingerprint density at radius 3 is 2.35 bits per heavy atom. The number of nitrogens with one attached hydrogen (secondary N) is 2. The molecule has 1 amide bonds. The normalized spacial score (nSPS) is 20.5. The number of carbonyl (C=O) groups excluding carboxylic acids is 1. The van der Waals surface area contributed by atoms with Gasteiger partial charge in [0.05, 0.1) is 16.1 Å². The number of amides is 1. The Balaban J connectivity index is 1.27. The molecule has 0 radical (unpaired) electrons. The van der Waals surface area contributed by atoms with Gasteiger partial charge in [-0.1, -0.05) is 47.5 Å². The van der Waals surface area contributed by atoms with E-state index in [1.54, 1.807) is 0 Å². The SMILES string of the molecule is O=C(NC1CCC(CNC2=CCC=C2c2ccc(Cl)cc2)CC1)c1cc(C(F)(F)F)ccc1Cl. The van der Waals surface area contributed by atoms with E-state index in [4.69, 9.17) is 23.2 Å². The average Bonchev–Trinajstić information content (AvgIpc) is 3.27. The zero-order chi connectivity index (χ0) is 24.3. The quantitative estimate of drug-likeness (QED) is 0.430. The highest BCUT2D eigenvalue weighted by Gasteiger charge is 2.32. The highest BCUT2D eigenvalue weighted by atomic mass is 35.5. The lowest BCUT2D eigenvalue weighted by Gasteiger charge is -2.30. The van der Waals surface area contributed by atoms with Crippen LogP contribution in [0.2, 0.25) is 10.0 Å². The van der Waals surface area contributed by atoms with E-state index in [9.17, 15) is 18.0 Å². The Labute approximate surface area is 207 Å². The van der Waals surface area contributed by atoms with Gasteiger partial charge in [-0.2, -0.15) is 13.2 Å². The van der Waals surface area contributed by atoms with Crippen molar-refractivity contribution in [3.8, 4) is 0 Å². The predicted octanol–water partition coefficient (Wildman–Crippen LogP) is 7.26. The second kappa shape index (κ2) is 10.4. The second-order valence-electron chi connectivity index (χ2n) is 8.74. The monoisotopic (exact) mass is 508 g/mol. The third-order valence-corrected chi connectivity index (χ3v) is 6.97. The van der Waals surface area contributed by atoms with Gasteiger partial charge in [0, 0.05) is 28.9 Å². The molecule has 180 valence electrons. The lowest BCUT2D eigenvalue weighted by atomic mass is 9.85. The molecule has 2 aliphatic carbocycles. The fourth-order valence-electron chi connectivity index (χ4n) is 4.49. The summed E-state index contributed by atoms with van der Waals surface area (Å²) in [6.07, 6.45) is 4.11. The van der Waals surface area contributed by atoms with Crippen LogP contribution in [-0.2, 0) is 6.18 Å². The molecule has 0 unspecified atom stereocenters. The maximum Gasteiger partial charge on any atom is 0.416 e. The third kappa shape index (κ3) is 5.97.